The fourth-order valence-corrected chi connectivity index (χ4v) is 3.74. The van der Waals surface area contributed by atoms with Gasteiger partial charge in [0.15, 0.2) is 0 Å². The van der Waals surface area contributed by atoms with Crippen molar-refractivity contribution in [1.82, 2.24) is 19.8 Å². The highest BCUT2D eigenvalue weighted by Gasteiger charge is 2.22. The summed E-state index contributed by atoms with van der Waals surface area (Å²) in [5.41, 5.74) is 1.93. The van der Waals surface area contributed by atoms with E-state index in [0.717, 1.165) is 56.2 Å². The number of anilines is 1. The van der Waals surface area contributed by atoms with E-state index in [1.54, 1.807) is 6.20 Å². The molecule has 7 nitrogen and oxygen atoms in total. The summed E-state index contributed by atoms with van der Waals surface area (Å²) in [5.74, 6) is 1.15. The molecule has 0 bridgehead atoms. The van der Waals surface area contributed by atoms with E-state index in [9.17, 15) is 4.79 Å². The van der Waals surface area contributed by atoms with Crippen LogP contribution in [0.1, 0.15) is 5.56 Å². The molecule has 152 valence electrons. The van der Waals surface area contributed by atoms with Crippen molar-refractivity contribution < 1.29 is 4.42 Å². The van der Waals surface area contributed by atoms with Crippen molar-refractivity contribution in [2.24, 2.45) is 0 Å². The van der Waals surface area contributed by atoms with Gasteiger partial charge in [-0.15, -0.1) is 0 Å². The third kappa shape index (κ3) is 4.16. The van der Waals surface area contributed by atoms with Crippen molar-refractivity contribution in [2.75, 3.05) is 58.3 Å². The average Bonchev–Trinajstić information content (AvgIpc) is 2.72. The molecule has 1 fully saturated rings. The standard InChI is InChI=1S/C22H27N5O2/c1-16-6-4-8-18-19(16)22(28)29-21(24-18)17-7-5-9-23-20(17)27-14-12-26(13-15-27)11-10-25(2)3/h4-9H,10-15H2,1-3H3. The maximum atomic E-state index is 12.6. The van der Waals surface area contributed by atoms with Crippen LogP contribution >= 0.6 is 0 Å². The number of nitrogens with zero attached hydrogens (tertiary/aromatic N) is 5. The lowest BCUT2D eigenvalue weighted by Gasteiger charge is -2.36. The molecular weight excluding hydrogens is 366 g/mol. The summed E-state index contributed by atoms with van der Waals surface area (Å²) in [5, 5.41) is 0.538. The van der Waals surface area contributed by atoms with Gasteiger partial charge in [0.2, 0.25) is 5.89 Å². The normalized spacial score (nSPS) is 15.4. The Morgan fingerprint density at radius 1 is 1.10 bits per heavy atom. The predicted octanol–water partition coefficient (Wildman–Crippen LogP) is 2.24. The molecular formula is C22H27N5O2. The summed E-state index contributed by atoms with van der Waals surface area (Å²) in [6.45, 7) is 7.75. The molecule has 3 heterocycles. The molecule has 1 aliphatic rings. The van der Waals surface area contributed by atoms with Crippen molar-refractivity contribution >= 4 is 16.7 Å². The van der Waals surface area contributed by atoms with Crippen LogP contribution in [0.5, 0.6) is 0 Å². The minimum atomic E-state index is -0.355. The van der Waals surface area contributed by atoms with Gasteiger partial charge in [0.05, 0.1) is 16.5 Å². The number of piperazine rings is 1. The Morgan fingerprint density at radius 3 is 2.66 bits per heavy atom. The van der Waals surface area contributed by atoms with Crippen LogP contribution in [-0.2, 0) is 0 Å². The Balaban J connectivity index is 1.62. The van der Waals surface area contributed by atoms with Crippen LogP contribution in [0.3, 0.4) is 0 Å². The Bertz CT molecular complexity index is 1050. The first-order valence-electron chi connectivity index (χ1n) is 10.0. The molecule has 0 radical (unpaired) electrons. The molecule has 0 N–H and O–H groups in total. The second-order valence-electron chi connectivity index (χ2n) is 7.78. The van der Waals surface area contributed by atoms with E-state index in [0.29, 0.717) is 16.8 Å². The second kappa shape index (κ2) is 8.31. The smallest absolute Gasteiger partial charge is 0.347 e. The lowest BCUT2D eigenvalue weighted by Crippen LogP contribution is -2.48. The summed E-state index contributed by atoms with van der Waals surface area (Å²) >= 11 is 0. The minimum absolute atomic E-state index is 0.325. The van der Waals surface area contributed by atoms with Gasteiger partial charge in [-0.2, -0.15) is 0 Å². The van der Waals surface area contributed by atoms with Crippen LogP contribution in [0.4, 0.5) is 5.82 Å². The van der Waals surface area contributed by atoms with Crippen LogP contribution in [0.15, 0.2) is 45.7 Å². The maximum Gasteiger partial charge on any atom is 0.347 e. The monoisotopic (exact) mass is 393 g/mol. The molecule has 0 saturated carbocycles. The van der Waals surface area contributed by atoms with Gasteiger partial charge in [-0.05, 0) is 44.8 Å². The summed E-state index contributed by atoms with van der Waals surface area (Å²) in [7, 11) is 4.20. The van der Waals surface area contributed by atoms with E-state index in [2.05, 4.69) is 38.8 Å². The van der Waals surface area contributed by atoms with Crippen LogP contribution < -0.4 is 10.5 Å². The quantitative estimate of drug-likeness (QED) is 0.659. The fraction of sp³-hybridized carbons (Fsp3) is 0.409. The number of hydrogen-bond donors (Lipinski definition) is 0. The number of fused-ring (bicyclic) bond motifs is 1. The van der Waals surface area contributed by atoms with Gasteiger partial charge in [0, 0.05) is 45.5 Å². The number of aromatic nitrogens is 2. The van der Waals surface area contributed by atoms with E-state index < -0.39 is 0 Å². The van der Waals surface area contributed by atoms with Crippen molar-refractivity contribution in [3.05, 3.63) is 52.5 Å². The van der Waals surface area contributed by atoms with Gasteiger partial charge in [-0.3, -0.25) is 4.90 Å². The van der Waals surface area contributed by atoms with Gasteiger partial charge >= 0.3 is 5.63 Å². The van der Waals surface area contributed by atoms with Gasteiger partial charge in [-0.1, -0.05) is 12.1 Å². The summed E-state index contributed by atoms with van der Waals surface area (Å²) < 4.78 is 5.63. The number of rotatable bonds is 5. The molecule has 0 aliphatic carbocycles. The number of benzene rings is 1. The largest absolute Gasteiger partial charge is 0.403 e. The Labute approximate surface area is 170 Å². The summed E-state index contributed by atoms with van der Waals surface area (Å²) in [6, 6.07) is 9.43. The van der Waals surface area contributed by atoms with E-state index in [1.807, 2.05) is 37.3 Å². The fourth-order valence-electron chi connectivity index (χ4n) is 3.74. The molecule has 1 aliphatic heterocycles. The van der Waals surface area contributed by atoms with Crippen molar-refractivity contribution in [3.8, 4) is 11.5 Å². The molecule has 0 amide bonds. The molecule has 4 rings (SSSR count). The van der Waals surface area contributed by atoms with E-state index in [-0.39, 0.29) is 5.63 Å². The van der Waals surface area contributed by atoms with Crippen molar-refractivity contribution in [3.63, 3.8) is 0 Å². The zero-order valence-corrected chi connectivity index (χ0v) is 17.3. The van der Waals surface area contributed by atoms with Gasteiger partial charge < -0.3 is 14.2 Å². The molecule has 7 heteroatoms. The highest BCUT2D eigenvalue weighted by atomic mass is 16.4. The van der Waals surface area contributed by atoms with E-state index >= 15 is 0 Å². The van der Waals surface area contributed by atoms with Gasteiger partial charge in [0.1, 0.15) is 5.82 Å². The number of pyridine rings is 1. The molecule has 1 aromatic carbocycles. The SMILES string of the molecule is Cc1cccc2nc(-c3cccnc3N3CCN(CCN(C)C)CC3)oc(=O)c12. The lowest BCUT2D eigenvalue weighted by molar-refractivity contribution is 0.229. The molecule has 2 aromatic heterocycles. The lowest BCUT2D eigenvalue weighted by atomic mass is 10.1. The molecule has 0 spiro atoms. The molecule has 0 atom stereocenters. The first kappa shape index (κ1) is 19.5. The Kier molecular flexibility index (Phi) is 5.60. The number of aryl methyl sites for hydroxylation is 1. The third-order valence-electron chi connectivity index (χ3n) is 5.42. The van der Waals surface area contributed by atoms with Crippen LogP contribution in [0.25, 0.3) is 22.4 Å². The average molecular weight is 393 g/mol. The van der Waals surface area contributed by atoms with Crippen LogP contribution in [0, 0.1) is 6.92 Å². The minimum Gasteiger partial charge on any atom is -0.403 e. The molecule has 29 heavy (non-hydrogen) atoms. The van der Waals surface area contributed by atoms with Gasteiger partial charge in [-0.25, -0.2) is 14.8 Å². The highest BCUT2D eigenvalue weighted by molar-refractivity contribution is 5.82. The van der Waals surface area contributed by atoms with Crippen molar-refractivity contribution in [1.29, 1.82) is 0 Å². The van der Waals surface area contributed by atoms with Crippen LogP contribution in [-0.4, -0.2) is 73.1 Å². The number of likely N-dealkylation sites (N-methyl/N-ethyl adjacent to an activating group) is 1. The number of hydrogen-bond acceptors (Lipinski definition) is 7. The first-order valence-corrected chi connectivity index (χ1v) is 10.0. The maximum absolute atomic E-state index is 12.6. The third-order valence-corrected chi connectivity index (χ3v) is 5.42. The zero-order chi connectivity index (χ0) is 20.4. The topological polar surface area (TPSA) is 65.7 Å². The molecule has 1 saturated heterocycles. The predicted molar refractivity (Wildman–Crippen MR) is 115 cm³/mol. The highest BCUT2D eigenvalue weighted by Crippen LogP contribution is 2.28. The molecule has 0 unspecified atom stereocenters. The van der Waals surface area contributed by atoms with Crippen LogP contribution in [0.2, 0.25) is 0 Å². The Morgan fingerprint density at radius 2 is 1.90 bits per heavy atom. The van der Waals surface area contributed by atoms with Crippen molar-refractivity contribution in [2.45, 2.75) is 6.92 Å². The van der Waals surface area contributed by atoms with Gasteiger partial charge in [0.25, 0.3) is 0 Å². The first-order chi connectivity index (χ1) is 14.0. The Hall–Kier alpha value is -2.77. The van der Waals surface area contributed by atoms with E-state index in [4.69, 9.17) is 4.42 Å². The summed E-state index contributed by atoms with van der Waals surface area (Å²) in [4.78, 5) is 28.8. The second-order valence-corrected chi connectivity index (χ2v) is 7.78. The summed E-state index contributed by atoms with van der Waals surface area (Å²) in [6.07, 6.45) is 1.78. The van der Waals surface area contributed by atoms with E-state index in [1.165, 1.54) is 0 Å². The zero-order valence-electron chi connectivity index (χ0n) is 17.3. The molecule has 3 aromatic rings.